The molecule has 2 heterocycles. The summed E-state index contributed by atoms with van der Waals surface area (Å²) in [4.78, 5) is 21.7. The largest absolute Gasteiger partial charge is 0.340 e. The highest BCUT2D eigenvalue weighted by Crippen LogP contribution is 2.07. The zero-order valence-corrected chi connectivity index (χ0v) is 14.8. The average Bonchev–Trinajstić information content (AvgIpc) is 2.55. The molecule has 0 radical (unpaired) electrons. The molecular weight excluding hydrogens is 292 g/mol. The first kappa shape index (κ1) is 18.6. The van der Waals surface area contributed by atoms with Crippen molar-refractivity contribution < 1.29 is 4.79 Å². The lowest BCUT2D eigenvalue weighted by atomic mass is 10.2. The lowest BCUT2D eigenvalue weighted by Gasteiger charge is -2.38. The molecule has 0 saturated carbocycles. The van der Waals surface area contributed by atoms with E-state index in [0.29, 0.717) is 13.0 Å². The highest BCUT2D eigenvalue weighted by Gasteiger charge is 2.23. The molecule has 1 atom stereocenters. The van der Waals surface area contributed by atoms with E-state index in [-0.39, 0.29) is 12.1 Å². The quantitative estimate of drug-likeness (QED) is 0.604. The highest BCUT2D eigenvalue weighted by molar-refractivity contribution is 5.76. The van der Waals surface area contributed by atoms with Crippen molar-refractivity contribution >= 4 is 5.91 Å². The second kappa shape index (κ2) is 9.54. The molecule has 0 aromatic heterocycles. The van der Waals surface area contributed by atoms with Gasteiger partial charge >= 0.3 is 0 Å². The molecule has 0 aromatic carbocycles. The van der Waals surface area contributed by atoms with Gasteiger partial charge in [0.1, 0.15) is 0 Å². The average molecular weight is 326 g/mol. The molecule has 23 heavy (non-hydrogen) atoms. The molecule has 2 aliphatic heterocycles. The fourth-order valence-corrected chi connectivity index (χ4v) is 3.23. The van der Waals surface area contributed by atoms with E-state index in [4.69, 9.17) is 5.73 Å². The van der Waals surface area contributed by atoms with Crippen LogP contribution in [0, 0.1) is 0 Å². The molecular formula is C16H34N6O. The SMILES string of the molecule is CN1CCN(CCC(=O)NC(CCN)N2CCN(C)CC2)CC1. The fourth-order valence-electron chi connectivity index (χ4n) is 3.23. The molecule has 2 fully saturated rings. The Balaban J connectivity index is 1.72. The summed E-state index contributed by atoms with van der Waals surface area (Å²) in [6.45, 7) is 9.89. The van der Waals surface area contributed by atoms with E-state index in [1.807, 2.05) is 0 Å². The summed E-state index contributed by atoms with van der Waals surface area (Å²) in [7, 11) is 4.29. The molecule has 0 aromatic rings. The van der Waals surface area contributed by atoms with E-state index < -0.39 is 0 Å². The first-order valence-electron chi connectivity index (χ1n) is 8.91. The minimum absolute atomic E-state index is 0.0914. The van der Waals surface area contributed by atoms with Crippen molar-refractivity contribution in [2.75, 3.05) is 79.5 Å². The molecule has 2 saturated heterocycles. The van der Waals surface area contributed by atoms with Gasteiger partial charge in [0.15, 0.2) is 0 Å². The molecule has 1 amide bonds. The maximum atomic E-state index is 12.3. The Morgan fingerprint density at radius 2 is 1.57 bits per heavy atom. The molecule has 1 unspecified atom stereocenters. The van der Waals surface area contributed by atoms with Gasteiger partial charge in [0.05, 0.1) is 6.17 Å². The molecule has 0 spiro atoms. The van der Waals surface area contributed by atoms with E-state index >= 15 is 0 Å². The Hall–Kier alpha value is -0.730. The summed E-state index contributed by atoms with van der Waals surface area (Å²) < 4.78 is 0. The second-order valence-corrected chi connectivity index (χ2v) is 6.89. The van der Waals surface area contributed by atoms with Gasteiger partial charge in [0.25, 0.3) is 0 Å². The zero-order chi connectivity index (χ0) is 16.7. The molecule has 2 aliphatic rings. The minimum atomic E-state index is 0.0914. The molecule has 2 rings (SSSR count). The molecule has 3 N–H and O–H groups in total. The number of piperazine rings is 2. The molecule has 7 nitrogen and oxygen atoms in total. The summed E-state index contributed by atoms with van der Waals surface area (Å²) in [5.74, 6) is 0.154. The van der Waals surface area contributed by atoms with Crippen LogP contribution in [-0.4, -0.2) is 111 Å². The van der Waals surface area contributed by atoms with Crippen molar-refractivity contribution in [2.45, 2.75) is 19.0 Å². The molecule has 0 bridgehead atoms. The number of hydrogen-bond donors (Lipinski definition) is 2. The summed E-state index contributed by atoms with van der Waals surface area (Å²) in [5.41, 5.74) is 5.74. The first-order chi connectivity index (χ1) is 11.1. The van der Waals surface area contributed by atoms with E-state index in [2.05, 4.69) is 39.0 Å². The Labute approximate surface area is 140 Å². The van der Waals surface area contributed by atoms with Crippen LogP contribution in [0.1, 0.15) is 12.8 Å². The number of nitrogens with one attached hydrogen (secondary N) is 1. The monoisotopic (exact) mass is 326 g/mol. The van der Waals surface area contributed by atoms with Crippen molar-refractivity contribution in [1.82, 2.24) is 24.9 Å². The third-order valence-electron chi connectivity index (χ3n) is 5.00. The Morgan fingerprint density at radius 1 is 1.00 bits per heavy atom. The summed E-state index contributed by atoms with van der Waals surface area (Å²) >= 11 is 0. The number of nitrogens with zero attached hydrogens (tertiary/aromatic N) is 4. The second-order valence-electron chi connectivity index (χ2n) is 6.89. The van der Waals surface area contributed by atoms with Gasteiger partial charge in [-0.3, -0.25) is 9.69 Å². The fraction of sp³-hybridized carbons (Fsp3) is 0.938. The van der Waals surface area contributed by atoms with Gasteiger partial charge in [-0.2, -0.15) is 0 Å². The number of hydrogen-bond acceptors (Lipinski definition) is 6. The number of likely N-dealkylation sites (N-methyl/N-ethyl adjacent to an activating group) is 2. The van der Waals surface area contributed by atoms with E-state index in [0.717, 1.165) is 65.3 Å². The maximum absolute atomic E-state index is 12.3. The van der Waals surface area contributed by atoms with Crippen LogP contribution < -0.4 is 11.1 Å². The van der Waals surface area contributed by atoms with Crippen molar-refractivity contribution in [2.24, 2.45) is 5.73 Å². The van der Waals surface area contributed by atoms with Crippen LogP contribution in [-0.2, 0) is 4.79 Å². The third kappa shape index (κ3) is 6.35. The molecule has 0 aliphatic carbocycles. The van der Waals surface area contributed by atoms with Crippen LogP contribution in [0.25, 0.3) is 0 Å². The van der Waals surface area contributed by atoms with Gasteiger partial charge < -0.3 is 25.8 Å². The Kier molecular flexibility index (Phi) is 7.72. The van der Waals surface area contributed by atoms with Gasteiger partial charge in [-0.15, -0.1) is 0 Å². The lowest BCUT2D eigenvalue weighted by molar-refractivity contribution is -0.123. The minimum Gasteiger partial charge on any atom is -0.340 e. The van der Waals surface area contributed by atoms with Crippen LogP contribution in [0.3, 0.4) is 0 Å². The van der Waals surface area contributed by atoms with Gasteiger partial charge in [0.2, 0.25) is 5.91 Å². The van der Waals surface area contributed by atoms with Crippen LogP contribution in [0.15, 0.2) is 0 Å². The van der Waals surface area contributed by atoms with Crippen molar-refractivity contribution in [3.05, 3.63) is 0 Å². The summed E-state index contributed by atoms with van der Waals surface area (Å²) in [6.07, 6.45) is 1.50. The predicted molar refractivity (Wildman–Crippen MR) is 93.2 cm³/mol. The summed E-state index contributed by atoms with van der Waals surface area (Å²) in [5, 5.41) is 3.20. The molecule has 7 heteroatoms. The predicted octanol–water partition coefficient (Wildman–Crippen LogP) is -1.34. The van der Waals surface area contributed by atoms with Crippen molar-refractivity contribution in [1.29, 1.82) is 0 Å². The van der Waals surface area contributed by atoms with Crippen molar-refractivity contribution in [3.8, 4) is 0 Å². The van der Waals surface area contributed by atoms with Gasteiger partial charge in [-0.25, -0.2) is 0 Å². The zero-order valence-electron chi connectivity index (χ0n) is 14.8. The van der Waals surface area contributed by atoms with Gasteiger partial charge in [-0.05, 0) is 27.1 Å². The summed E-state index contributed by atoms with van der Waals surface area (Å²) in [6, 6.07) is 0. The normalized spacial score (nSPS) is 23.8. The number of carbonyl (C=O) groups excluding carboxylic acids is 1. The number of rotatable bonds is 7. The Morgan fingerprint density at radius 3 is 2.13 bits per heavy atom. The van der Waals surface area contributed by atoms with Crippen LogP contribution >= 0.6 is 0 Å². The van der Waals surface area contributed by atoms with E-state index in [1.54, 1.807) is 0 Å². The lowest BCUT2D eigenvalue weighted by Crippen LogP contribution is -2.56. The number of carbonyl (C=O) groups is 1. The van der Waals surface area contributed by atoms with Crippen LogP contribution in [0.5, 0.6) is 0 Å². The number of amides is 1. The van der Waals surface area contributed by atoms with Gasteiger partial charge in [-0.1, -0.05) is 0 Å². The first-order valence-corrected chi connectivity index (χ1v) is 8.91. The highest BCUT2D eigenvalue weighted by atomic mass is 16.1. The Bertz CT molecular complexity index is 350. The van der Waals surface area contributed by atoms with Gasteiger partial charge in [0, 0.05) is 65.3 Å². The standard InChI is InChI=1S/C16H34N6O/c1-19-7-11-21(12-8-19)6-4-16(23)18-15(3-5-17)22-13-9-20(2)10-14-22/h15H,3-14,17H2,1-2H3,(H,18,23). The molecule has 134 valence electrons. The van der Waals surface area contributed by atoms with Crippen LogP contribution in [0.2, 0.25) is 0 Å². The van der Waals surface area contributed by atoms with E-state index in [9.17, 15) is 4.79 Å². The topological polar surface area (TPSA) is 68.1 Å². The smallest absolute Gasteiger partial charge is 0.222 e. The number of nitrogens with two attached hydrogens (primary N) is 1. The van der Waals surface area contributed by atoms with Crippen molar-refractivity contribution in [3.63, 3.8) is 0 Å². The third-order valence-corrected chi connectivity index (χ3v) is 5.00. The van der Waals surface area contributed by atoms with E-state index in [1.165, 1.54) is 0 Å². The maximum Gasteiger partial charge on any atom is 0.222 e. The van der Waals surface area contributed by atoms with Crippen LogP contribution in [0.4, 0.5) is 0 Å².